The average molecular weight is 814 g/mol. The highest BCUT2D eigenvalue weighted by molar-refractivity contribution is 7.86. The third-order valence-electron chi connectivity index (χ3n) is 10.4. The van der Waals surface area contributed by atoms with E-state index < -0.39 is 45.7 Å². The van der Waals surface area contributed by atoms with E-state index >= 15 is 0 Å². The minimum absolute atomic E-state index is 0.0988. The highest BCUT2D eigenvalue weighted by Gasteiger charge is 2.48. The fourth-order valence-electron chi connectivity index (χ4n) is 7.54. The van der Waals surface area contributed by atoms with E-state index in [0.717, 1.165) is 35.4 Å². The van der Waals surface area contributed by atoms with Crippen LogP contribution in [0.15, 0.2) is 89.7 Å². The Bertz CT molecular complexity index is 2140. The molecule has 0 amide bonds. The molecule has 0 saturated heterocycles. The molecule has 3 N–H and O–H groups in total. The van der Waals surface area contributed by atoms with Crippen molar-refractivity contribution in [2.45, 2.75) is 94.3 Å². The first-order valence-electron chi connectivity index (χ1n) is 18.2. The summed E-state index contributed by atoms with van der Waals surface area (Å²) < 4.78 is 85.7. The molecule has 55 heavy (non-hydrogen) atoms. The number of benzene rings is 2. The van der Waals surface area contributed by atoms with Crippen LogP contribution < -0.4 is 4.90 Å². The van der Waals surface area contributed by atoms with Gasteiger partial charge in [0.25, 0.3) is 20.2 Å². The van der Waals surface area contributed by atoms with Crippen molar-refractivity contribution in [2.24, 2.45) is 0 Å². The summed E-state index contributed by atoms with van der Waals surface area (Å²) in [6, 6.07) is 10.6. The molecule has 2 aromatic rings. The first kappa shape index (κ1) is 43.8. The number of carboxylic acids is 1. The van der Waals surface area contributed by atoms with Gasteiger partial charge >= 0.3 is 14.7 Å². The molecule has 0 bridgehead atoms. The van der Waals surface area contributed by atoms with Crippen LogP contribution in [0.25, 0.3) is 0 Å². The molecular formula is C40H50N2O10PS2+. The van der Waals surface area contributed by atoms with Gasteiger partial charge in [-0.05, 0) is 102 Å². The maximum Gasteiger partial charge on any atom is 0.395 e. The van der Waals surface area contributed by atoms with E-state index in [1.165, 1.54) is 12.1 Å². The number of allylic oxidation sites excluding steroid dienone is 5. The van der Waals surface area contributed by atoms with Crippen molar-refractivity contribution in [3.63, 3.8) is 0 Å². The predicted molar refractivity (Wildman–Crippen MR) is 213 cm³/mol. The van der Waals surface area contributed by atoms with Gasteiger partial charge in [-0.1, -0.05) is 42.9 Å². The van der Waals surface area contributed by atoms with Gasteiger partial charge in [-0.25, -0.2) is 4.57 Å². The van der Waals surface area contributed by atoms with Gasteiger partial charge in [0, 0.05) is 48.5 Å². The number of aliphatic carboxylic acids is 1. The first-order valence-corrected chi connectivity index (χ1v) is 21.9. The van der Waals surface area contributed by atoms with Crippen LogP contribution in [0, 0.1) is 13.8 Å². The summed E-state index contributed by atoms with van der Waals surface area (Å²) in [5.74, 6) is -1.06. The zero-order valence-electron chi connectivity index (χ0n) is 31.5. The van der Waals surface area contributed by atoms with Gasteiger partial charge in [-0.3, -0.25) is 13.9 Å². The fourth-order valence-corrected chi connectivity index (χ4v) is 8.89. The summed E-state index contributed by atoms with van der Waals surface area (Å²) >= 11 is 0. The van der Waals surface area contributed by atoms with Crippen molar-refractivity contribution in [3.05, 3.63) is 108 Å². The van der Waals surface area contributed by atoms with E-state index in [-0.39, 0.29) is 22.8 Å². The van der Waals surface area contributed by atoms with Crippen molar-refractivity contribution in [2.75, 3.05) is 23.7 Å². The Kier molecular flexibility index (Phi) is 14.6. The minimum Gasteiger partial charge on any atom is -0.481 e. The quantitative estimate of drug-likeness (QED) is 0.0276. The number of hydrogen-bond donors (Lipinski definition) is 3. The molecule has 296 valence electrons. The van der Waals surface area contributed by atoms with E-state index in [0.29, 0.717) is 68.6 Å². The number of anilines is 1. The number of carbonyl (C=O) groups is 1. The van der Waals surface area contributed by atoms with Crippen LogP contribution in [0.3, 0.4) is 0 Å². The van der Waals surface area contributed by atoms with E-state index in [4.69, 9.17) is 16.6 Å². The lowest BCUT2D eigenvalue weighted by Crippen LogP contribution is -2.31. The van der Waals surface area contributed by atoms with Gasteiger partial charge in [0.2, 0.25) is 5.69 Å². The molecule has 2 unspecified atom stereocenters. The van der Waals surface area contributed by atoms with Crippen LogP contribution in [0.1, 0.15) is 88.3 Å². The number of fused-ring (bicyclic) bond motifs is 2. The molecule has 0 aromatic heterocycles. The molecule has 2 atom stereocenters. The van der Waals surface area contributed by atoms with Gasteiger partial charge in [0.05, 0.1) is 21.5 Å². The molecule has 2 aliphatic rings. The third kappa shape index (κ3) is 10.3. The molecule has 2 heterocycles. The minimum atomic E-state index is -4.54. The molecular weight excluding hydrogens is 764 g/mol. The van der Waals surface area contributed by atoms with E-state index in [1.807, 2.05) is 48.3 Å². The van der Waals surface area contributed by atoms with Gasteiger partial charge in [-0.15, -0.1) is 0 Å². The van der Waals surface area contributed by atoms with E-state index in [2.05, 4.69) is 30.2 Å². The lowest BCUT2D eigenvalue weighted by Gasteiger charge is -2.30. The normalized spacial score (nSPS) is 20.6. The number of unbranched alkanes of at least 4 members (excludes halogenated alkanes) is 4. The van der Waals surface area contributed by atoms with Gasteiger partial charge in [-0.2, -0.15) is 21.4 Å². The second-order valence-corrected chi connectivity index (χ2v) is 17.6. The SMILES string of the molecule is [CH]CCCN1\C(=C/C=C/C=C/C2=[N+](CCCCCC(=O)O)c3ccc(C)cc3C2(C)CCCCS(=O)(=O)O)C(C)(C(=C)OP=O)c2cc(S(=O)(=O)O)ccc21. The highest BCUT2D eigenvalue weighted by atomic mass is 32.2. The van der Waals surface area contributed by atoms with Crippen molar-refractivity contribution in [3.8, 4) is 0 Å². The van der Waals surface area contributed by atoms with Crippen LogP contribution in [0.5, 0.6) is 0 Å². The van der Waals surface area contributed by atoms with Crippen LogP contribution in [-0.4, -0.2) is 66.1 Å². The lowest BCUT2D eigenvalue weighted by molar-refractivity contribution is -0.438. The number of rotatable bonds is 21. The van der Waals surface area contributed by atoms with Gasteiger partial charge in [0.15, 0.2) is 5.71 Å². The summed E-state index contributed by atoms with van der Waals surface area (Å²) in [5, 5.41) is 9.12. The molecule has 2 aliphatic heterocycles. The number of carboxylic acid groups (broad SMARTS) is 1. The molecule has 12 nitrogen and oxygen atoms in total. The molecule has 4 rings (SSSR count). The zero-order chi connectivity index (χ0) is 40.6. The Balaban J connectivity index is 1.77. The first-order chi connectivity index (χ1) is 25.9. The summed E-state index contributed by atoms with van der Waals surface area (Å²) in [4.78, 5) is 12.8. The summed E-state index contributed by atoms with van der Waals surface area (Å²) in [6.07, 6.45) is 14.0. The summed E-state index contributed by atoms with van der Waals surface area (Å²) in [5.41, 5.74) is 4.32. The van der Waals surface area contributed by atoms with Crippen molar-refractivity contribution >= 4 is 52.0 Å². The van der Waals surface area contributed by atoms with Crippen LogP contribution in [0.4, 0.5) is 11.4 Å². The maximum absolute atomic E-state index is 12.1. The maximum atomic E-state index is 12.1. The second kappa shape index (κ2) is 18.3. The summed E-state index contributed by atoms with van der Waals surface area (Å²) in [7, 11) is -9.29. The number of nitrogens with zero attached hydrogens (tertiary/aromatic N) is 2. The Morgan fingerprint density at radius 2 is 1.73 bits per heavy atom. The van der Waals surface area contributed by atoms with Crippen LogP contribution >= 0.6 is 8.69 Å². The zero-order valence-corrected chi connectivity index (χ0v) is 34.0. The molecule has 15 heteroatoms. The molecule has 0 spiro atoms. The Labute approximate surface area is 326 Å². The van der Waals surface area contributed by atoms with E-state index in [1.54, 1.807) is 13.0 Å². The Morgan fingerprint density at radius 3 is 2.38 bits per heavy atom. The molecule has 0 saturated carbocycles. The fraction of sp³-hybridized carbons (Fsp3) is 0.425. The van der Waals surface area contributed by atoms with E-state index in [9.17, 15) is 35.3 Å². The molecule has 0 aliphatic carbocycles. The predicted octanol–water partition coefficient (Wildman–Crippen LogP) is 8.30. The largest absolute Gasteiger partial charge is 0.481 e. The lowest BCUT2D eigenvalue weighted by atomic mass is 9.75. The average Bonchev–Trinajstić information content (AvgIpc) is 3.48. The standard InChI is InChI=1S/C40H49N2O10PS2/c1-6-7-24-42-35-22-20-31(55(49,50)51)28-33(35)40(5,30(3)52-53-45)37(42)17-11-8-10-16-36-39(4,23-13-15-26-54(46,47)48)32-27-29(2)19-21-34(32)41(36)25-14-9-12-18-38(43)44/h1,8,10-11,16-17,19-22,27-28H,3,6-7,9,12-15,18,23-26H2,2,4-5H3,(H2-,43,44,46,47,48,49,50,51)/p+1. The molecule has 0 fully saturated rings. The molecule has 2 radical (unpaired) electrons. The van der Waals surface area contributed by atoms with Crippen molar-refractivity contribution in [1.82, 2.24) is 0 Å². The van der Waals surface area contributed by atoms with Crippen LogP contribution in [-0.2, 0) is 44.9 Å². The topological polar surface area (TPSA) is 179 Å². The Morgan fingerprint density at radius 1 is 0.982 bits per heavy atom. The van der Waals surface area contributed by atoms with Crippen molar-refractivity contribution in [1.29, 1.82) is 0 Å². The number of hydrogen-bond acceptors (Lipinski definition) is 8. The van der Waals surface area contributed by atoms with Gasteiger partial charge in [0.1, 0.15) is 12.3 Å². The second-order valence-electron chi connectivity index (χ2n) is 14.3. The molecule has 2 aromatic carbocycles. The third-order valence-corrected chi connectivity index (χ3v) is 12.4. The highest BCUT2D eigenvalue weighted by Crippen LogP contribution is 2.53. The Hall–Kier alpha value is -3.94. The van der Waals surface area contributed by atoms with Crippen molar-refractivity contribution < 1.29 is 49.5 Å². The number of aryl methyl sites for hydroxylation is 1. The smallest absolute Gasteiger partial charge is 0.395 e. The van der Waals surface area contributed by atoms with Crippen LogP contribution in [0.2, 0.25) is 0 Å². The monoisotopic (exact) mass is 813 g/mol. The van der Waals surface area contributed by atoms with Gasteiger partial charge < -0.3 is 14.5 Å². The summed E-state index contributed by atoms with van der Waals surface area (Å²) in [6.45, 7) is 17.0.